The minimum absolute atomic E-state index is 0.0769. The van der Waals surface area contributed by atoms with Crippen LogP contribution in [-0.4, -0.2) is 59.1 Å². The minimum Gasteiger partial charge on any atom is -0.462 e. The Balaban J connectivity index is 1.46. The predicted molar refractivity (Wildman–Crippen MR) is 137 cm³/mol. The summed E-state index contributed by atoms with van der Waals surface area (Å²) in [7, 11) is 0. The first-order valence-electron chi connectivity index (χ1n) is 11.8. The fourth-order valence-electron chi connectivity index (χ4n) is 4.05. The van der Waals surface area contributed by atoms with Crippen molar-refractivity contribution in [2.45, 2.75) is 45.2 Å². The molecule has 1 saturated heterocycles. The highest BCUT2D eigenvalue weighted by Gasteiger charge is 2.49. The van der Waals surface area contributed by atoms with E-state index in [4.69, 9.17) is 21.7 Å². The van der Waals surface area contributed by atoms with E-state index >= 15 is 0 Å². The van der Waals surface area contributed by atoms with Crippen LogP contribution in [0.2, 0.25) is 0 Å². The maximum absolute atomic E-state index is 13.4. The summed E-state index contributed by atoms with van der Waals surface area (Å²) in [5, 5.41) is 3.14. The number of nitrogens with zero attached hydrogens (tertiary/aromatic N) is 2. The number of thiocarbonyl (C=S) groups is 1. The molecule has 1 heterocycles. The van der Waals surface area contributed by atoms with E-state index in [9.17, 15) is 19.2 Å². The van der Waals surface area contributed by atoms with Crippen LogP contribution in [0.25, 0.3) is 0 Å². The lowest BCUT2D eigenvalue weighted by Crippen LogP contribution is -2.39. The van der Waals surface area contributed by atoms with Gasteiger partial charge in [0.1, 0.15) is 6.04 Å². The van der Waals surface area contributed by atoms with E-state index in [-0.39, 0.29) is 37.5 Å². The van der Waals surface area contributed by atoms with Crippen LogP contribution < -0.4 is 10.2 Å². The number of amides is 2. The molecular weight excluding hydrogens is 482 g/mol. The van der Waals surface area contributed by atoms with Gasteiger partial charge in [-0.25, -0.2) is 9.59 Å². The van der Waals surface area contributed by atoms with Crippen LogP contribution in [-0.2, 0) is 19.1 Å². The fraction of sp³-hybridized carbons (Fsp3) is 0.346. The number of rotatable bonds is 9. The molecule has 36 heavy (non-hydrogen) atoms. The molecule has 188 valence electrons. The van der Waals surface area contributed by atoms with Gasteiger partial charge in [-0.3, -0.25) is 14.5 Å². The number of carbonyl (C=O) groups excluding carboxylic acids is 4. The SMILES string of the molecule is CCOC(=O)c1ccc(NC(=O)C[C@H]2C(=O)N(c3ccc(C(=O)OCC)cc3)C(=S)N2C2CC2)cc1. The Morgan fingerprint density at radius 1 is 0.917 bits per heavy atom. The Morgan fingerprint density at radius 3 is 1.94 bits per heavy atom. The van der Waals surface area contributed by atoms with Crippen molar-refractivity contribution in [1.82, 2.24) is 4.90 Å². The van der Waals surface area contributed by atoms with Crippen molar-refractivity contribution in [3.63, 3.8) is 0 Å². The molecule has 2 amide bonds. The third-order valence-electron chi connectivity index (χ3n) is 5.89. The zero-order valence-electron chi connectivity index (χ0n) is 20.1. The predicted octanol–water partition coefficient (Wildman–Crippen LogP) is 3.53. The maximum Gasteiger partial charge on any atom is 0.338 e. The number of carbonyl (C=O) groups is 4. The van der Waals surface area contributed by atoms with Crippen LogP contribution in [0, 0.1) is 0 Å². The molecule has 10 heteroatoms. The number of hydrogen-bond acceptors (Lipinski definition) is 7. The molecule has 0 unspecified atom stereocenters. The molecule has 1 N–H and O–H groups in total. The van der Waals surface area contributed by atoms with Crippen molar-refractivity contribution in [1.29, 1.82) is 0 Å². The Kier molecular flexibility index (Phi) is 7.64. The van der Waals surface area contributed by atoms with Gasteiger partial charge < -0.3 is 19.7 Å². The van der Waals surface area contributed by atoms with Crippen molar-refractivity contribution in [3.8, 4) is 0 Å². The van der Waals surface area contributed by atoms with Gasteiger partial charge in [0.25, 0.3) is 5.91 Å². The highest BCUT2D eigenvalue weighted by molar-refractivity contribution is 7.80. The van der Waals surface area contributed by atoms with E-state index in [1.807, 2.05) is 4.90 Å². The first kappa shape index (κ1) is 25.3. The molecule has 1 atom stereocenters. The molecule has 4 rings (SSSR count). The van der Waals surface area contributed by atoms with E-state index in [1.54, 1.807) is 62.4 Å². The lowest BCUT2D eigenvalue weighted by Gasteiger charge is -2.23. The first-order valence-corrected chi connectivity index (χ1v) is 12.2. The summed E-state index contributed by atoms with van der Waals surface area (Å²) in [6.45, 7) is 4.01. The number of nitrogens with one attached hydrogen (secondary N) is 1. The molecule has 2 aliphatic rings. The highest BCUT2D eigenvalue weighted by Crippen LogP contribution is 2.37. The molecule has 2 aromatic rings. The second kappa shape index (κ2) is 10.9. The topological polar surface area (TPSA) is 105 Å². The minimum atomic E-state index is -0.728. The molecule has 0 bridgehead atoms. The van der Waals surface area contributed by atoms with Crippen LogP contribution in [0.1, 0.15) is 53.8 Å². The van der Waals surface area contributed by atoms with E-state index in [2.05, 4.69) is 5.32 Å². The van der Waals surface area contributed by atoms with E-state index in [0.29, 0.717) is 27.6 Å². The van der Waals surface area contributed by atoms with E-state index in [0.717, 1.165) is 12.8 Å². The second-order valence-corrected chi connectivity index (χ2v) is 8.79. The largest absolute Gasteiger partial charge is 0.462 e. The molecule has 9 nitrogen and oxygen atoms in total. The second-order valence-electron chi connectivity index (χ2n) is 8.43. The number of hydrogen-bond donors (Lipinski definition) is 1. The molecule has 2 fully saturated rings. The van der Waals surface area contributed by atoms with Gasteiger partial charge in [0.2, 0.25) is 5.91 Å². The van der Waals surface area contributed by atoms with Crippen molar-refractivity contribution < 1.29 is 28.7 Å². The lowest BCUT2D eigenvalue weighted by molar-refractivity contribution is -0.124. The summed E-state index contributed by atoms with van der Waals surface area (Å²) < 4.78 is 9.98. The Morgan fingerprint density at radius 2 is 1.44 bits per heavy atom. The summed E-state index contributed by atoms with van der Waals surface area (Å²) in [6, 6.07) is 12.2. The summed E-state index contributed by atoms with van der Waals surface area (Å²) >= 11 is 5.65. The quantitative estimate of drug-likeness (QED) is 0.404. The summed E-state index contributed by atoms with van der Waals surface area (Å²) in [4.78, 5) is 53.3. The molecular formula is C26H27N3O6S. The van der Waals surface area contributed by atoms with Gasteiger partial charge in [-0.2, -0.15) is 0 Å². The smallest absolute Gasteiger partial charge is 0.338 e. The van der Waals surface area contributed by atoms with Crippen LogP contribution >= 0.6 is 12.2 Å². The number of ether oxygens (including phenoxy) is 2. The van der Waals surface area contributed by atoms with Gasteiger partial charge in [-0.05, 0) is 87.4 Å². The summed E-state index contributed by atoms with van der Waals surface area (Å²) in [5.41, 5.74) is 1.80. The van der Waals surface area contributed by atoms with Gasteiger partial charge in [0, 0.05) is 11.7 Å². The van der Waals surface area contributed by atoms with Crippen LogP contribution in [0.5, 0.6) is 0 Å². The molecule has 0 aromatic heterocycles. The average Bonchev–Trinajstić information content (AvgIpc) is 3.66. The number of esters is 2. The first-order chi connectivity index (χ1) is 17.3. The van der Waals surface area contributed by atoms with Gasteiger partial charge in [-0.1, -0.05) is 0 Å². The van der Waals surface area contributed by atoms with Gasteiger partial charge in [-0.15, -0.1) is 0 Å². The van der Waals surface area contributed by atoms with Crippen molar-refractivity contribution in [2.24, 2.45) is 0 Å². The van der Waals surface area contributed by atoms with Crippen molar-refractivity contribution in [2.75, 3.05) is 23.4 Å². The van der Waals surface area contributed by atoms with Crippen molar-refractivity contribution >= 4 is 52.5 Å². The Hall–Kier alpha value is -3.79. The molecule has 2 aromatic carbocycles. The van der Waals surface area contributed by atoms with E-state index < -0.39 is 18.0 Å². The third-order valence-corrected chi connectivity index (χ3v) is 6.28. The monoisotopic (exact) mass is 509 g/mol. The van der Waals surface area contributed by atoms with Crippen LogP contribution in [0.15, 0.2) is 48.5 Å². The zero-order chi connectivity index (χ0) is 25.8. The standard InChI is InChI=1S/C26H27N3O6S/c1-3-34-24(32)16-5-9-18(10-6-16)27-22(30)15-21-23(31)29(26(36)28(21)19-13-14-19)20-11-7-17(8-12-20)25(33)35-4-2/h5-12,19,21H,3-4,13-15H2,1-2H3,(H,27,30)/t21-/m0/s1. The normalized spacial score (nSPS) is 17.2. The zero-order valence-corrected chi connectivity index (χ0v) is 20.9. The number of benzene rings is 2. The molecule has 1 saturated carbocycles. The van der Waals surface area contributed by atoms with E-state index in [1.165, 1.54) is 4.90 Å². The molecule has 1 aliphatic carbocycles. The van der Waals surface area contributed by atoms with Gasteiger partial charge >= 0.3 is 11.9 Å². The molecule has 1 aliphatic heterocycles. The summed E-state index contributed by atoms with van der Waals surface area (Å²) in [5.74, 6) is -1.51. The lowest BCUT2D eigenvalue weighted by atomic mass is 10.1. The maximum atomic E-state index is 13.4. The number of anilines is 2. The third kappa shape index (κ3) is 5.38. The Labute approximate surface area is 214 Å². The molecule has 0 spiro atoms. The Bertz CT molecular complexity index is 1180. The van der Waals surface area contributed by atoms with Crippen molar-refractivity contribution in [3.05, 3.63) is 59.7 Å². The van der Waals surface area contributed by atoms with Gasteiger partial charge in [0.05, 0.1) is 36.4 Å². The van der Waals surface area contributed by atoms with Gasteiger partial charge in [0.15, 0.2) is 5.11 Å². The summed E-state index contributed by atoms with van der Waals surface area (Å²) in [6.07, 6.45) is 1.72. The molecule has 0 radical (unpaired) electrons. The fourth-order valence-corrected chi connectivity index (χ4v) is 4.52. The van der Waals surface area contributed by atoms with Crippen LogP contribution in [0.4, 0.5) is 11.4 Å². The average molecular weight is 510 g/mol. The highest BCUT2D eigenvalue weighted by atomic mass is 32.1. The van der Waals surface area contributed by atoms with Crippen LogP contribution in [0.3, 0.4) is 0 Å².